The van der Waals surface area contributed by atoms with Gasteiger partial charge in [-0.15, -0.1) is 0 Å². The molecule has 3 rings (SSSR count). The van der Waals surface area contributed by atoms with Gasteiger partial charge in [0.05, 0.1) is 0 Å². The molecule has 0 aliphatic carbocycles. The van der Waals surface area contributed by atoms with Crippen LogP contribution in [0.15, 0.2) is 37.9 Å². The fourth-order valence-electron chi connectivity index (χ4n) is 2.56. The normalized spacial score (nSPS) is 10.9. The van der Waals surface area contributed by atoms with Crippen molar-refractivity contribution in [3.05, 3.63) is 57.4 Å². The van der Waals surface area contributed by atoms with Crippen LogP contribution in [0.3, 0.4) is 0 Å². The molecule has 0 aromatic carbocycles. The number of carbonyl (C=O) groups is 2. The Hall–Kier alpha value is -2.61. The molecule has 0 saturated heterocycles. The number of aryl methyl sites for hydroxylation is 2. The molecular formula is C17H15BrN2O5. The highest BCUT2D eigenvalue weighted by atomic mass is 79.9. The van der Waals surface area contributed by atoms with Crippen LogP contribution in [0.4, 0.5) is 0 Å². The lowest BCUT2D eigenvalue weighted by atomic mass is 10.1. The molecule has 0 spiro atoms. The molecule has 0 aliphatic rings. The van der Waals surface area contributed by atoms with E-state index in [4.69, 9.17) is 13.7 Å². The summed E-state index contributed by atoms with van der Waals surface area (Å²) >= 11 is 3.10. The Kier molecular flexibility index (Phi) is 4.63. The highest BCUT2D eigenvalue weighted by Crippen LogP contribution is 2.21. The molecule has 3 aromatic heterocycles. The number of Topliss-reactive ketones (excluding diaryl/α,β-unsaturated/α-hetero) is 1. The van der Waals surface area contributed by atoms with E-state index in [1.165, 1.54) is 6.07 Å². The van der Waals surface area contributed by atoms with E-state index in [2.05, 4.69) is 21.1 Å². The number of esters is 1. The second kappa shape index (κ2) is 6.72. The molecule has 3 heterocycles. The summed E-state index contributed by atoms with van der Waals surface area (Å²) in [5.74, 6) is 0.305. The van der Waals surface area contributed by atoms with Crippen molar-refractivity contribution < 1.29 is 23.3 Å². The lowest BCUT2D eigenvalue weighted by Gasteiger charge is -2.05. The molecule has 25 heavy (non-hydrogen) atoms. The maximum Gasteiger partial charge on any atom is 0.374 e. The minimum absolute atomic E-state index is 0.0308. The number of hydrogen-bond acceptors (Lipinski definition) is 6. The van der Waals surface area contributed by atoms with Crippen LogP contribution in [-0.2, 0) is 4.74 Å². The standard InChI is InChI=1S/C17H15BrN2O5/c1-9-6-12(11(3)20(9)16-7-10(2)25-19-16)13(21)8-23-17(22)14-4-5-15(18)24-14/h4-7H,8H2,1-3H3. The molecule has 0 saturated carbocycles. The summed E-state index contributed by atoms with van der Waals surface area (Å²) in [5, 5.41) is 3.97. The molecule has 0 radical (unpaired) electrons. The van der Waals surface area contributed by atoms with Gasteiger partial charge in [-0.3, -0.25) is 9.36 Å². The molecule has 0 unspecified atom stereocenters. The predicted octanol–water partition coefficient (Wildman–Crippen LogP) is 3.79. The highest BCUT2D eigenvalue weighted by Gasteiger charge is 2.20. The molecule has 0 N–H and O–H groups in total. The van der Waals surface area contributed by atoms with Crippen molar-refractivity contribution in [1.29, 1.82) is 0 Å². The summed E-state index contributed by atoms with van der Waals surface area (Å²) in [6.07, 6.45) is 0. The quantitative estimate of drug-likeness (QED) is 0.473. The summed E-state index contributed by atoms with van der Waals surface area (Å²) in [6.45, 7) is 5.08. The van der Waals surface area contributed by atoms with Crippen molar-refractivity contribution in [3.8, 4) is 5.82 Å². The van der Waals surface area contributed by atoms with Crippen LogP contribution < -0.4 is 0 Å². The van der Waals surface area contributed by atoms with Gasteiger partial charge in [-0.1, -0.05) is 5.16 Å². The smallest absolute Gasteiger partial charge is 0.374 e. The summed E-state index contributed by atoms with van der Waals surface area (Å²) in [5.41, 5.74) is 2.00. The SMILES string of the molecule is Cc1cc(-n2c(C)cc(C(=O)COC(=O)c3ccc(Br)o3)c2C)no1. The van der Waals surface area contributed by atoms with Crippen molar-refractivity contribution in [2.24, 2.45) is 0 Å². The van der Waals surface area contributed by atoms with Gasteiger partial charge in [0, 0.05) is 23.0 Å². The third-order valence-corrected chi connectivity index (χ3v) is 4.11. The Morgan fingerprint density at radius 3 is 2.60 bits per heavy atom. The van der Waals surface area contributed by atoms with Crippen LogP contribution in [0.1, 0.15) is 38.1 Å². The molecule has 130 valence electrons. The number of furan rings is 1. The lowest BCUT2D eigenvalue weighted by Crippen LogP contribution is -2.14. The van der Waals surface area contributed by atoms with Gasteiger partial charge in [0.15, 0.2) is 17.1 Å². The average Bonchev–Trinajstić information content (AvgIpc) is 3.25. The molecule has 0 amide bonds. The summed E-state index contributed by atoms with van der Waals surface area (Å²) in [4.78, 5) is 24.3. The Morgan fingerprint density at radius 1 is 1.24 bits per heavy atom. The number of ketones is 1. The van der Waals surface area contributed by atoms with E-state index in [1.807, 2.05) is 11.5 Å². The lowest BCUT2D eigenvalue weighted by molar-refractivity contribution is 0.0442. The first-order valence-corrected chi connectivity index (χ1v) is 8.24. The Labute approximate surface area is 151 Å². The summed E-state index contributed by atoms with van der Waals surface area (Å²) in [6, 6.07) is 6.56. The number of aromatic nitrogens is 2. The third-order valence-electron chi connectivity index (χ3n) is 3.68. The molecule has 0 atom stereocenters. The third kappa shape index (κ3) is 3.43. The van der Waals surface area contributed by atoms with Crippen molar-refractivity contribution >= 4 is 27.7 Å². The van der Waals surface area contributed by atoms with Gasteiger partial charge in [-0.25, -0.2) is 4.79 Å². The maximum absolute atomic E-state index is 12.4. The number of hydrogen-bond donors (Lipinski definition) is 0. The Morgan fingerprint density at radius 2 is 2.00 bits per heavy atom. The van der Waals surface area contributed by atoms with Gasteiger partial charge >= 0.3 is 5.97 Å². The first kappa shape index (κ1) is 17.2. The average molecular weight is 407 g/mol. The Balaban J connectivity index is 1.76. The number of rotatable bonds is 5. The van der Waals surface area contributed by atoms with Crippen molar-refractivity contribution in [1.82, 2.24) is 9.72 Å². The monoisotopic (exact) mass is 406 g/mol. The second-order valence-electron chi connectivity index (χ2n) is 5.52. The number of carbonyl (C=O) groups excluding carboxylic acids is 2. The minimum atomic E-state index is -0.694. The second-order valence-corrected chi connectivity index (χ2v) is 6.30. The van der Waals surface area contributed by atoms with Crippen LogP contribution >= 0.6 is 15.9 Å². The van der Waals surface area contributed by atoms with E-state index in [0.717, 1.165) is 5.69 Å². The minimum Gasteiger partial charge on any atom is -0.451 e. The van der Waals surface area contributed by atoms with Crippen LogP contribution in [-0.4, -0.2) is 28.1 Å². The van der Waals surface area contributed by atoms with Crippen LogP contribution in [0.5, 0.6) is 0 Å². The molecule has 7 nitrogen and oxygen atoms in total. The number of nitrogens with zero attached hydrogens (tertiary/aromatic N) is 2. The molecule has 0 fully saturated rings. The summed E-state index contributed by atoms with van der Waals surface area (Å²) in [7, 11) is 0. The predicted molar refractivity (Wildman–Crippen MR) is 91.1 cm³/mol. The van der Waals surface area contributed by atoms with Crippen LogP contribution in [0, 0.1) is 20.8 Å². The van der Waals surface area contributed by atoms with Crippen molar-refractivity contribution in [2.45, 2.75) is 20.8 Å². The first-order chi connectivity index (χ1) is 11.9. The van der Waals surface area contributed by atoms with E-state index >= 15 is 0 Å². The molecule has 0 aliphatic heterocycles. The molecule has 8 heteroatoms. The molecule has 3 aromatic rings. The largest absolute Gasteiger partial charge is 0.451 e. The van der Waals surface area contributed by atoms with Crippen molar-refractivity contribution in [3.63, 3.8) is 0 Å². The van der Waals surface area contributed by atoms with E-state index in [-0.39, 0.29) is 18.2 Å². The van der Waals surface area contributed by atoms with E-state index in [9.17, 15) is 9.59 Å². The highest BCUT2D eigenvalue weighted by molar-refractivity contribution is 9.10. The van der Waals surface area contributed by atoms with E-state index in [1.54, 1.807) is 32.0 Å². The van der Waals surface area contributed by atoms with Gasteiger partial charge < -0.3 is 13.7 Å². The zero-order chi connectivity index (χ0) is 18.1. The Bertz CT molecular complexity index is 950. The van der Waals surface area contributed by atoms with Gasteiger partial charge in [-0.2, -0.15) is 0 Å². The fraction of sp³-hybridized carbons (Fsp3) is 0.235. The zero-order valence-electron chi connectivity index (χ0n) is 13.8. The summed E-state index contributed by atoms with van der Waals surface area (Å²) < 4.78 is 17.4. The van der Waals surface area contributed by atoms with Crippen molar-refractivity contribution in [2.75, 3.05) is 6.61 Å². The molecular weight excluding hydrogens is 392 g/mol. The molecule has 0 bridgehead atoms. The van der Waals surface area contributed by atoms with Gasteiger partial charge in [0.1, 0.15) is 5.76 Å². The fourth-order valence-corrected chi connectivity index (χ4v) is 2.87. The maximum atomic E-state index is 12.4. The number of ether oxygens (including phenoxy) is 1. The number of halogens is 1. The van der Waals surface area contributed by atoms with Gasteiger partial charge in [0.25, 0.3) is 0 Å². The van der Waals surface area contributed by atoms with Gasteiger partial charge in [-0.05, 0) is 54.9 Å². The van der Waals surface area contributed by atoms with Crippen LogP contribution in [0.25, 0.3) is 5.82 Å². The van der Waals surface area contributed by atoms with Crippen LogP contribution in [0.2, 0.25) is 0 Å². The van der Waals surface area contributed by atoms with E-state index in [0.29, 0.717) is 27.5 Å². The topological polar surface area (TPSA) is 87.5 Å². The van der Waals surface area contributed by atoms with E-state index < -0.39 is 5.97 Å². The van der Waals surface area contributed by atoms with Gasteiger partial charge in [0.2, 0.25) is 11.5 Å². The first-order valence-electron chi connectivity index (χ1n) is 7.45. The zero-order valence-corrected chi connectivity index (χ0v) is 15.4.